The zero-order chi connectivity index (χ0) is 15.6. The first-order valence-corrected chi connectivity index (χ1v) is 6.25. The van der Waals surface area contributed by atoms with Crippen molar-refractivity contribution >= 4 is 11.4 Å². The number of benzene rings is 1. The number of rotatable bonds is 4. The van der Waals surface area contributed by atoms with E-state index in [-0.39, 0.29) is 5.69 Å². The number of aliphatic hydroxyl groups excluding tert-OH is 4. The fourth-order valence-electron chi connectivity index (χ4n) is 2.06. The van der Waals surface area contributed by atoms with E-state index >= 15 is 0 Å². The van der Waals surface area contributed by atoms with Gasteiger partial charge >= 0.3 is 0 Å². The van der Waals surface area contributed by atoms with Gasteiger partial charge in [-0.25, -0.2) is 0 Å². The predicted octanol–water partition coefficient (Wildman–Crippen LogP) is -1.19. The lowest BCUT2D eigenvalue weighted by atomic mass is 9.98. The van der Waals surface area contributed by atoms with Crippen molar-refractivity contribution in [3.63, 3.8) is 0 Å². The van der Waals surface area contributed by atoms with Crippen LogP contribution in [0.1, 0.15) is 0 Å². The summed E-state index contributed by atoms with van der Waals surface area (Å²) in [5.41, 5.74) is 0.333. The summed E-state index contributed by atoms with van der Waals surface area (Å²) in [6.07, 6.45) is -6.41. The van der Waals surface area contributed by atoms with Crippen LogP contribution < -0.4 is 5.32 Å². The van der Waals surface area contributed by atoms with Crippen molar-refractivity contribution in [2.24, 2.45) is 0 Å². The normalized spacial score (nSPS) is 32.7. The second kappa shape index (κ2) is 6.33. The Morgan fingerprint density at radius 2 is 1.76 bits per heavy atom. The maximum absolute atomic E-state index is 10.5. The summed E-state index contributed by atoms with van der Waals surface area (Å²) in [6.45, 7) is -0.524. The lowest BCUT2D eigenvalue weighted by Gasteiger charge is -2.40. The van der Waals surface area contributed by atoms with Crippen LogP contribution >= 0.6 is 0 Å². The van der Waals surface area contributed by atoms with Gasteiger partial charge in [0.15, 0.2) is 6.23 Å². The van der Waals surface area contributed by atoms with E-state index in [1.807, 2.05) is 0 Å². The maximum atomic E-state index is 10.5. The summed E-state index contributed by atoms with van der Waals surface area (Å²) in [5, 5.41) is 51.5. The van der Waals surface area contributed by atoms with Crippen molar-refractivity contribution in [1.29, 1.82) is 0 Å². The first-order chi connectivity index (χ1) is 9.93. The van der Waals surface area contributed by atoms with Crippen molar-refractivity contribution in [2.75, 3.05) is 11.9 Å². The van der Waals surface area contributed by atoms with Gasteiger partial charge in [-0.05, 0) is 12.1 Å². The second-order valence-electron chi connectivity index (χ2n) is 4.70. The highest BCUT2D eigenvalue weighted by Crippen LogP contribution is 2.23. The van der Waals surface area contributed by atoms with Crippen molar-refractivity contribution < 1.29 is 30.1 Å². The third kappa shape index (κ3) is 3.28. The molecule has 21 heavy (non-hydrogen) atoms. The molecule has 0 bridgehead atoms. The highest BCUT2D eigenvalue weighted by atomic mass is 16.6. The summed E-state index contributed by atoms with van der Waals surface area (Å²) in [4.78, 5) is 10.0. The van der Waals surface area contributed by atoms with Crippen LogP contribution in [0.4, 0.5) is 11.4 Å². The highest BCUT2D eigenvalue weighted by Gasteiger charge is 2.43. The molecule has 5 atom stereocenters. The van der Waals surface area contributed by atoms with Gasteiger partial charge in [0.2, 0.25) is 0 Å². The number of anilines is 1. The Morgan fingerprint density at radius 3 is 2.29 bits per heavy atom. The number of hydrogen-bond donors (Lipinski definition) is 5. The number of non-ortho nitro benzene ring substituents is 1. The van der Waals surface area contributed by atoms with Crippen molar-refractivity contribution in [3.8, 4) is 0 Å². The molecule has 9 nitrogen and oxygen atoms in total. The van der Waals surface area contributed by atoms with Gasteiger partial charge in [-0.2, -0.15) is 0 Å². The Labute approximate surface area is 119 Å². The van der Waals surface area contributed by atoms with Crippen molar-refractivity contribution in [1.82, 2.24) is 0 Å². The number of nitro groups is 1. The number of nitrogens with zero attached hydrogens (tertiary/aromatic N) is 1. The van der Waals surface area contributed by atoms with Gasteiger partial charge in [0.1, 0.15) is 24.4 Å². The Hall–Kier alpha value is -1.78. The van der Waals surface area contributed by atoms with Gasteiger partial charge in [0, 0.05) is 17.8 Å². The Balaban J connectivity index is 2.08. The monoisotopic (exact) mass is 300 g/mol. The quantitative estimate of drug-likeness (QED) is 0.344. The Bertz CT molecular complexity index is 493. The standard InChI is InChI=1S/C12H16N2O7/c15-5-8-9(16)10(17)11(18)12(21-8)13-6-1-3-7(4-2-6)14(19)20/h1-4,8-13,15-18H,5H2/t8-,9+,10+,11+,12+/m0/s1. The molecule has 116 valence electrons. The molecule has 0 saturated carbocycles. The van der Waals surface area contributed by atoms with E-state index in [9.17, 15) is 25.4 Å². The summed E-state index contributed by atoms with van der Waals surface area (Å²) in [6, 6.07) is 5.37. The third-order valence-corrected chi connectivity index (χ3v) is 3.28. The van der Waals surface area contributed by atoms with Gasteiger partial charge in [-0.3, -0.25) is 10.1 Å². The summed E-state index contributed by atoms with van der Waals surface area (Å²) in [7, 11) is 0. The van der Waals surface area contributed by atoms with Crippen LogP contribution in [0.2, 0.25) is 0 Å². The minimum Gasteiger partial charge on any atom is -0.394 e. The molecule has 0 amide bonds. The van der Waals surface area contributed by atoms with Crippen LogP contribution in [-0.2, 0) is 4.74 Å². The molecule has 1 saturated heterocycles. The summed E-state index contributed by atoms with van der Waals surface area (Å²) in [5.74, 6) is 0. The zero-order valence-electron chi connectivity index (χ0n) is 10.9. The molecule has 5 N–H and O–H groups in total. The molecule has 1 fully saturated rings. The molecule has 0 aliphatic carbocycles. The van der Waals surface area contributed by atoms with Crippen molar-refractivity contribution in [2.45, 2.75) is 30.6 Å². The minimum absolute atomic E-state index is 0.0886. The van der Waals surface area contributed by atoms with E-state index < -0.39 is 42.2 Å². The number of hydrogen-bond acceptors (Lipinski definition) is 8. The fraction of sp³-hybridized carbons (Fsp3) is 0.500. The van der Waals surface area contributed by atoms with E-state index in [0.717, 1.165) is 0 Å². The topological polar surface area (TPSA) is 145 Å². The molecule has 9 heteroatoms. The Kier molecular flexibility index (Phi) is 4.70. The molecular weight excluding hydrogens is 284 g/mol. The van der Waals surface area contributed by atoms with Gasteiger partial charge in [-0.15, -0.1) is 0 Å². The van der Waals surface area contributed by atoms with Crippen LogP contribution in [0.5, 0.6) is 0 Å². The molecule has 0 aromatic heterocycles. The average Bonchev–Trinajstić information content (AvgIpc) is 2.48. The molecule has 2 rings (SSSR count). The number of aliphatic hydroxyl groups is 4. The zero-order valence-corrected chi connectivity index (χ0v) is 10.9. The molecular formula is C12H16N2O7. The smallest absolute Gasteiger partial charge is 0.269 e. The largest absolute Gasteiger partial charge is 0.394 e. The number of nitro benzene ring substituents is 1. The Morgan fingerprint density at radius 1 is 1.14 bits per heavy atom. The van der Waals surface area contributed by atoms with Crippen molar-refractivity contribution in [3.05, 3.63) is 34.4 Å². The van der Waals surface area contributed by atoms with Crippen LogP contribution in [0.3, 0.4) is 0 Å². The predicted molar refractivity (Wildman–Crippen MR) is 70.5 cm³/mol. The molecule has 0 spiro atoms. The highest BCUT2D eigenvalue weighted by molar-refractivity contribution is 5.49. The lowest BCUT2D eigenvalue weighted by Crippen LogP contribution is -2.60. The van der Waals surface area contributed by atoms with E-state index in [1.165, 1.54) is 24.3 Å². The first kappa shape index (κ1) is 15.6. The molecule has 1 aromatic rings. The van der Waals surface area contributed by atoms with E-state index in [0.29, 0.717) is 5.69 Å². The molecule has 0 unspecified atom stereocenters. The average molecular weight is 300 g/mol. The molecule has 1 aliphatic heterocycles. The summed E-state index contributed by atoms with van der Waals surface area (Å²) < 4.78 is 5.26. The van der Waals surface area contributed by atoms with E-state index in [1.54, 1.807) is 0 Å². The molecule has 1 aromatic carbocycles. The number of ether oxygens (including phenoxy) is 1. The molecule has 1 heterocycles. The number of nitrogens with one attached hydrogen (secondary N) is 1. The van der Waals surface area contributed by atoms with Crippen LogP contribution in [-0.4, -0.2) is 62.6 Å². The maximum Gasteiger partial charge on any atom is 0.269 e. The van der Waals surface area contributed by atoms with Crippen LogP contribution in [0.15, 0.2) is 24.3 Å². The lowest BCUT2D eigenvalue weighted by molar-refractivity contribution is -0.384. The van der Waals surface area contributed by atoms with Crippen LogP contribution in [0.25, 0.3) is 0 Å². The van der Waals surface area contributed by atoms with Gasteiger partial charge in [0.05, 0.1) is 11.5 Å². The van der Waals surface area contributed by atoms with Gasteiger partial charge < -0.3 is 30.5 Å². The minimum atomic E-state index is -1.48. The van der Waals surface area contributed by atoms with Gasteiger partial charge in [-0.1, -0.05) is 0 Å². The van der Waals surface area contributed by atoms with E-state index in [4.69, 9.17) is 9.84 Å². The van der Waals surface area contributed by atoms with Crippen LogP contribution in [0, 0.1) is 10.1 Å². The van der Waals surface area contributed by atoms with Gasteiger partial charge in [0.25, 0.3) is 5.69 Å². The second-order valence-corrected chi connectivity index (χ2v) is 4.70. The van der Waals surface area contributed by atoms with E-state index in [2.05, 4.69) is 5.32 Å². The third-order valence-electron chi connectivity index (χ3n) is 3.28. The molecule has 1 aliphatic rings. The fourth-order valence-corrected chi connectivity index (χ4v) is 2.06. The SMILES string of the molecule is O=[N+]([O-])c1ccc(N[C@@H]2O[C@@H](CO)[C@@H](O)[C@@H](O)[C@H]2O)cc1. The first-order valence-electron chi connectivity index (χ1n) is 6.25. The molecule has 0 radical (unpaired) electrons. The summed E-state index contributed by atoms with van der Waals surface area (Å²) >= 11 is 0.